The van der Waals surface area contributed by atoms with E-state index >= 15 is 0 Å². The van der Waals surface area contributed by atoms with E-state index in [-0.39, 0.29) is 11.3 Å². The van der Waals surface area contributed by atoms with E-state index in [0.717, 1.165) is 17.5 Å². The van der Waals surface area contributed by atoms with Crippen LogP contribution >= 0.6 is 0 Å². The minimum Gasteiger partial charge on any atom is -0.481 e. The van der Waals surface area contributed by atoms with Gasteiger partial charge in [-0.15, -0.1) is 0 Å². The molecule has 1 aliphatic heterocycles. The Labute approximate surface area is 155 Å². The molecule has 2 heterocycles. The molecule has 1 spiro atoms. The van der Waals surface area contributed by atoms with Gasteiger partial charge in [-0.3, -0.25) is 14.3 Å². The number of hydrogen-bond acceptors (Lipinski definition) is 3. The van der Waals surface area contributed by atoms with Gasteiger partial charge in [-0.2, -0.15) is 18.3 Å². The fourth-order valence-electron chi connectivity index (χ4n) is 4.55. The number of carbonyl (C=O) groups excluding carboxylic acids is 1. The molecule has 1 N–H and O–H groups in total. The zero-order valence-electron chi connectivity index (χ0n) is 15.6. The molecular weight excluding hydrogens is 363 g/mol. The van der Waals surface area contributed by atoms with Gasteiger partial charge in [0.15, 0.2) is 0 Å². The van der Waals surface area contributed by atoms with Gasteiger partial charge in [-0.1, -0.05) is 0 Å². The number of carboxylic acid groups (broad SMARTS) is 1. The number of nitrogens with zero attached hydrogens (tertiary/aromatic N) is 3. The van der Waals surface area contributed by atoms with E-state index in [4.69, 9.17) is 0 Å². The lowest BCUT2D eigenvalue weighted by Crippen LogP contribution is -2.43. The van der Waals surface area contributed by atoms with Crippen molar-refractivity contribution < 1.29 is 27.9 Å². The third-order valence-electron chi connectivity index (χ3n) is 5.98. The lowest BCUT2D eigenvalue weighted by molar-refractivity contribution is -0.143. The summed E-state index contributed by atoms with van der Waals surface area (Å²) in [4.78, 5) is 26.0. The summed E-state index contributed by atoms with van der Waals surface area (Å²) in [6, 6.07) is 0. The first kappa shape index (κ1) is 19.7. The van der Waals surface area contributed by atoms with Gasteiger partial charge in [-0.25, -0.2) is 0 Å². The van der Waals surface area contributed by atoms with Crippen molar-refractivity contribution in [2.75, 3.05) is 13.1 Å². The molecule has 1 saturated carbocycles. The van der Waals surface area contributed by atoms with Crippen LogP contribution in [0.25, 0.3) is 0 Å². The summed E-state index contributed by atoms with van der Waals surface area (Å²) >= 11 is 0. The number of carbonyl (C=O) groups is 2. The van der Waals surface area contributed by atoms with Crippen LogP contribution in [0, 0.1) is 25.2 Å². The molecule has 2 aliphatic rings. The molecule has 150 valence electrons. The monoisotopic (exact) mass is 387 g/mol. The number of aromatic nitrogens is 2. The van der Waals surface area contributed by atoms with Crippen LogP contribution in [0.4, 0.5) is 13.2 Å². The van der Waals surface area contributed by atoms with Crippen molar-refractivity contribution in [1.82, 2.24) is 14.7 Å². The largest absolute Gasteiger partial charge is 0.481 e. The van der Waals surface area contributed by atoms with Crippen molar-refractivity contribution in [1.29, 1.82) is 0 Å². The van der Waals surface area contributed by atoms with Gasteiger partial charge >= 0.3 is 12.1 Å². The zero-order chi connectivity index (χ0) is 20.1. The van der Waals surface area contributed by atoms with Gasteiger partial charge in [0.25, 0.3) is 0 Å². The number of aryl methyl sites for hydroxylation is 1. The van der Waals surface area contributed by atoms with E-state index < -0.39 is 30.5 Å². The van der Waals surface area contributed by atoms with Gasteiger partial charge in [-0.05, 0) is 40.0 Å². The van der Waals surface area contributed by atoms with Crippen molar-refractivity contribution in [2.24, 2.45) is 11.3 Å². The number of hydrogen-bond donors (Lipinski definition) is 1. The van der Waals surface area contributed by atoms with E-state index in [0.29, 0.717) is 36.5 Å². The first-order chi connectivity index (χ1) is 12.4. The minimum atomic E-state index is -4.38. The second-order valence-electron chi connectivity index (χ2n) is 7.90. The highest BCUT2D eigenvalue weighted by Gasteiger charge is 2.60. The van der Waals surface area contributed by atoms with Crippen LogP contribution in [0.2, 0.25) is 0 Å². The molecule has 3 atom stereocenters. The van der Waals surface area contributed by atoms with Crippen molar-refractivity contribution in [3.05, 3.63) is 17.0 Å². The van der Waals surface area contributed by atoms with Crippen LogP contribution in [0.1, 0.15) is 49.1 Å². The number of aliphatic carboxylic acids is 1. The summed E-state index contributed by atoms with van der Waals surface area (Å²) in [6.45, 7) is 4.60. The first-order valence-corrected chi connectivity index (χ1v) is 9.07. The predicted molar refractivity (Wildman–Crippen MR) is 90.2 cm³/mol. The molecule has 1 aliphatic carbocycles. The molecular formula is C18H24F3N3O3. The highest BCUT2D eigenvalue weighted by atomic mass is 19.4. The number of piperidine rings is 1. The lowest BCUT2D eigenvalue weighted by atomic mass is 9.90. The van der Waals surface area contributed by atoms with Crippen LogP contribution in [-0.4, -0.2) is 50.9 Å². The normalized spacial score (nSPS) is 26.3. The molecule has 3 unspecified atom stereocenters. The Hall–Kier alpha value is -2.06. The topological polar surface area (TPSA) is 75.4 Å². The number of halogens is 3. The van der Waals surface area contributed by atoms with Crippen LogP contribution in [-0.2, 0) is 16.1 Å². The quantitative estimate of drug-likeness (QED) is 0.862. The van der Waals surface area contributed by atoms with Gasteiger partial charge < -0.3 is 10.0 Å². The summed E-state index contributed by atoms with van der Waals surface area (Å²) in [6.07, 6.45) is -2.26. The first-order valence-electron chi connectivity index (χ1n) is 9.07. The molecule has 1 saturated heterocycles. The molecule has 9 heteroatoms. The lowest BCUT2D eigenvalue weighted by Gasteiger charge is -2.35. The van der Waals surface area contributed by atoms with Crippen molar-refractivity contribution in [3.63, 3.8) is 0 Å². The standard InChI is InChI=1S/C18H24F3N3O3/c1-10(14-11(2)22-24(12(14)3)9-18(19,20)21)15(25)23-6-4-5-17(8-23)7-13(17)16(26)27/h10,13H,4-9H2,1-3H3,(H,26,27). The van der Waals surface area contributed by atoms with Gasteiger partial charge in [0.05, 0.1) is 17.5 Å². The Morgan fingerprint density at radius 2 is 2.04 bits per heavy atom. The van der Waals surface area contributed by atoms with E-state index in [1.54, 1.807) is 25.7 Å². The molecule has 3 rings (SSSR count). The molecule has 6 nitrogen and oxygen atoms in total. The Bertz CT molecular complexity index is 774. The van der Waals surface area contributed by atoms with Crippen molar-refractivity contribution >= 4 is 11.9 Å². The van der Waals surface area contributed by atoms with Crippen LogP contribution in [0.5, 0.6) is 0 Å². The van der Waals surface area contributed by atoms with Gasteiger partial charge in [0.1, 0.15) is 6.54 Å². The highest BCUT2D eigenvalue weighted by molar-refractivity contribution is 5.84. The van der Waals surface area contributed by atoms with E-state index in [1.165, 1.54) is 0 Å². The molecule has 0 bridgehead atoms. The number of carboxylic acids is 1. The van der Waals surface area contributed by atoms with Crippen LogP contribution in [0.3, 0.4) is 0 Å². The SMILES string of the molecule is Cc1nn(CC(F)(F)F)c(C)c1C(C)C(=O)N1CCCC2(CC2C(=O)O)C1. The predicted octanol–water partition coefficient (Wildman–Crippen LogP) is 2.88. The smallest absolute Gasteiger partial charge is 0.408 e. The average molecular weight is 387 g/mol. The summed E-state index contributed by atoms with van der Waals surface area (Å²) in [5.74, 6) is -2.02. The maximum Gasteiger partial charge on any atom is 0.408 e. The van der Waals surface area contributed by atoms with Crippen molar-refractivity contribution in [3.8, 4) is 0 Å². The summed E-state index contributed by atoms with van der Waals surface area (Å²) in [5.41, 5.74) is 0.949. The average Bonchev–Trinajstić information content (AvgIpc) is 3.17. The second-order valence-corrected chi connectivity index (χ2v) is 7.90. The van der Waals surface area contributed by atoms with Crippen molar-refractivity contribution in [2.45, 2.75) is 58.7 Å². The third kappa shape index (κ3) is 3.68. The van der Waals surface area contributed by atoms with E-state index in [2.05, 4.69) is 5.10 Å². The fraction of sp³-hybridized carbons (Fsp3) is 0.722. The number of amides is 1. The molecule has 2 fully saturated rings. The number of rotatable bonds is 4. The summed E-state index contributed by atoms with van der Waals surface area (Å²) < 4.78 is 39.1. The van der Waals surface area contributed by atoms with E-state index in [9.17, 15) is 27.9 Å². The van der Waals surface area contributed by atoms with Gasteiger partial charge in [0, 0.05) is 29.8 Å². The molecule has 0 radical (unpaired) electrons. The fourth-order valence-corrected chi connectivity index (χ4v) is 4.55. The Morgan fingerprint density at radius 1 is 1.37 bits per heavy atom. The Kier molecular flexibility index (Phi) is 4.76. The zero-order valence-corrected chi connectivity index (χ0v) is 15.6. The molecule has 1 aromatic rings. The molecule has 0 aromatic carbocycles. The van der Waals surface area contributed by atoms with Crippen LogP contribution < -0.4 is 0 Å². The molecule has 27 heavy (non-hydrogen) atoms. The third-order valence-corrected chi connectivity index (χ3v) is 5.98. The summed E-state index contributed by atoms with van der Waals surface area (Å²) in [7, 11) is 0. The maximum atomic E-state index is 13.0. The van der Waals surface area contributed by atoms with Gasteiger partial charge in [0.2, 0.25) is 5.91 Å². The van der Waals surface area contributed by atoms with Crippen LogP contribution in [0.15, 0.2) is 0 Å². The molecule has 1 aromatic heterocycles. The van der Waals surface area contributed by atoms with E-state index in [1.807, 2.05) is 0 Å². The second kappa shape index (κ2) is 6.53. The Balaban J connectivity index is 1.77. The number of alkyl halides is 3. The minimum absolute atomic E-state index is 0.178. The maximum absolute atomic E-state index is 13.0. The summed E-state index contributed by atoms with van der Waals surface area (Å²) in [5, 5.41) is 13.2. The highest BCUT2D eigenvalue weighted by Crippen LogP contribution is 2.58. The molecule has 1 amide bonds. The number of likely N-dealkylation sites (tertiary alicyclic amines) is 1. The Morgan fingerprint density at radius 3 is 2.59 bits per heavy atom.